The van der Waals surface area contributed by atoms with Crippen molar-refractivity contribution in [1.29, 1.82) is 0 Å². The number of rotatable bonds is 3. The van der Waals surface area contributed by atoms with Crippen LogP contribution in [0.2, 0.25) is 5.02 Å². The second kappa shape index (κ2) is 7.39. The number of halogens is 1. The molecule has 0 saturated carbocycles. The minimum Gasteiger partial charge on any atom is -0.440 e. The van der Waals surface area contributed by atoms with Gasteiger partial charge in [-0.05, 0) is 44.2 Å². The number of fused-ring (bicyclic) bond motifs is 3. The molecule has 3 aliphatic heterocycles. The van der Waals surface area contributed by atoms with Crippen molar-refractivity contribution in [1.82, 2.24) is 15.2 Å². The molecule has 2 fully saturated rings. The Kier molecular flexibility index (Phi) is 4.89. The molecule has 1 aromatic heterocycles. The Morgan fingerprint density at radius 3 is 2.82 bits per heavy atom. The van der Waals surface area contributed by atoms with Gasteiger partial charge in [-0.25, -0.2) is 4.98 Å². The molecule has 0 spiro atoms. The van der Waals surface area contributed by atoms with Crippen LogP contribution in [-0.4, -0.2) is 46.7 Å². The molecule has 4 heterocycles. The minimum atomic E-state index is -0.101. The average Bonchev–Trinajstić information content (AvgIpc) is 3.30. The van der Waals surface area contributed by atoms with E-state index in [0.717, 1.165) is 18.6 Å². The van der Waals surface area contributed by atoms with E-state index in [1.165, 1.54) is 19.3 Å². The quantitative estimate of drug-likeness (QED) is 0.792. The zero-order valence-electron chi connectivity index (χ0n) is 15.9. The van der Waals surface area contributed by atoms with E-state index in [9.17, 15) is 4.79 Å². The van der Waals surface area contributed by atoms with Crippen LogP contribution in [0.15, 0.2) is 28.0 Å². The number of hydrogen-bond acceptors (Lipinski definition) is 5. The van der Waals surface area contributed by atoms with Gasteiger partial charge in [0, 0.05) is 35.0 Å². The molecule has 2 aromatic rings. The maximum atomic E-state index is 13.1. The smallest absolute Gasteiger partial charge is 0.253 e. The molecule has 0 aliphatic carbocycles. The number of thioether (sulfide) groups is 1. The lowest BCUT2D eigenvalue weighted by Crippen LogP contribution is -2.55. The van der Waals surface area contributed by atoms with Gasteiger partial charge in [-0.15, -0.1) is 11.8 Å². The Morgan fingerprint density at radius 1 is 1.32 bits per heavy atom. The Morgan fingerprint density at radius 2 is 2.11 bits per heavy atom. The summed E-state index contributed by atoms with van der Waals surface area (Å²) in [5, 5.41) is 5.82. The van der Waals surface area contributed by atoms with Gasteiger partial charge in [0.15, 0.2) is 5.58 Å². The van der Waals surface area contributed by atoms with Gasteiger partial charge in [-0.2, -0.15) is 0 Å². The highest BCUT2D eigenvalue weighted by molar-refractivity contribution is 8.02. The molecule has 1 aromatic carbocycles. The lowest BCUT2D eigenvalue weighted by molar-refractivity contribution is 0.0463. The molecule has 28 heavy (non-hydrogen) atoms. The molecule has 3 aliphatic rings. The maximum absolute atomic E-state index is 13.1. The second-order valence-electron chi connectivity index (χ2n) is 8.17. The average molecular weight is 418 g/mol. The van der Waals surface area contributed by atoms with Crippen LogP contribution in [0.3, 0.4) is 0 Å². The van der Waals surface area contributed by atoms with Crippen LogP contribution in [-0.2, 0) is 0 Å². The predicted octanol–water partition coefficient (Wildman–Crippen LogP) is 4.57. The van der Waals surface area contributed by atoms with Crippen LogP contribution in [0.4, 0.5) is 0 Å². The third kappa shape index (κ3) is 3.36. The van der Waals surface area contributed by atoms with Crippen molar-refractivity contribution in [2.75, 3.05) is 12.8 Å². The Balaban J connectivity index is 1.40. The molecule has 5 rings (SSSR count). The predicted molar refractivity (Wildman–Crippen MR) is 113 cm³/mol. The number of oxazole rings is 1. The van der Waals surface area contributed by atoms with Crippen LogP contribution < -0.4 is 5.32 Å². The van der Waals surface area contributed by atoms with Gasteiger partial charge in [0.2, 0.25) is 5.89 Å². The number of carbonyl (C=O) groups excluding carboxylic acids is 1. The number of piperidine rings is 2. The Bertz CT molecular complexity index is 929. The molecule has 2 saturated heterocycles. The Hall–Kier alpha value is -1.50. The van der Waals surface area contributed by atoms with Gasteiger partial charge in [-0.3, -0.25) is 4.79 Å². The van der Waals surface area contributed by atoms with Crippen LogP contribution in [0.25, 0.3) is 11.1 Å². The molecule has 3 atom stereocenters. The lowest BCUT2D eigenvalue weighted by Gasteiger charge is -2.47. The first-order valence-corrected chi connectivity index (χ1v) is 11.4. The topological polar surface area (TPSA) is 58.4 Å². The SMILES string of the molecule is CN1C2CCCC1CC(NC(=O)c1cc(Cl)cc3oc(C4C=CSC4)nc13)C2. The minimum absolute atomic E-state index is 0.101. The molecule has 1 N–H and O–H groups in total. The van der Waals surface area contributed by atoms with Crippen molar-refractivity contribution in [2.24, 2.45) is 0 Å². The van der Waals surface area contributed by atoms with Crippen molar-refractivity contribution in [2.45, 2.75) is 56.1 Å². The molecule has 2 bridgehead atoms. The van der Waals surface area contributed by atoms with Crippen molar-refractivity contribution in [3.05, 3.63) is 40.1 Å². The van der Waals surface area contributed by atoms with Gasteiger partial charge in [-0.1, -0.05) is 24.1 Å². The van der Waals surface area contributed by atoms with Crippen molar-refractivity contribution in [3.63, 3.8) is 0 Å². The summed E-state index contributed by atoms with van der Waals surface area (Å²) in [5.41, 5.74) is 1.70. The maximum Gasteiger partial charge on any atom is 0.253 e. The molecule has 7 heteroatoms. The van der Waals surface area contributed by atoms with Crippen LogP contribution in [0.1, 0.15) is 54.3 Å². The largest absolute Gasteiger partial charge is 0.440 e. The van der Waals surface area contributed by atoms with Crippen LogP contribution in [0, 0.1) is 0 Å². The van der Waals surface area contributed by atoms with E-state index in [1.54, 1.807) is 23.9 Å². The van der Waals surface area contributed by atoms with Gasteiger partial charge < -0.3 is 14.6 Å². The highest BCUT2D eigenvalue weighted by Gasteiger charge is 2.36. The molecule has 0 radical (unpaired) electrons. The van der Waals surface area contributed by atoms with Gasteiger partial charge in [0.1, 0.15) is 5.52 Å². The summed E-state index contributed by atoms with van der Waals surface area (Å²) in [4.78, 5) is 20.3. The van der Waals surface area contributed by atoms with Gasteiger partial charge >= 0.3 is 0 Å². The lowest BCUT2D eigenvalue weighted by atomic mass is 9.82. The molecular weight excluding hydrogens is 394 g/mol. The number of amides is 1. The number of nitrogens with zero attached hydrogens (tertiary/aromatic N) is 2. The molecule has 148 valence electrons. The van der Waals surface area contributed by atoms with E-state index >= 15 is 0 Å². The first-order valence-electron chi connectivity index (χ1n) is 9.99. The van der Waals surface area contributed by atoms with Crippen molar-refractivity contribution < 1.29 is 9.21 Å². The number of allylic oxidation sites excluding steroid dienone is 1. The summed E-state index contributed by atoms with van der Waals surface area (Å²) in [6.45, 7) is 0. The number of benzene rings is 1. The van der Waals surface area contributed by atoms with E-state index < -0.39 is 0 Å². The first-order chi connectivity index (χ1) is 13.6. The van der Waals surface area contributed by atoms with Crippen molar-refractivity contribution in [3.8, 4) is 0 Å². The van der Waals surface area contributed by atoms with E-state index in [4.69, 9.17) is 16.0 Å². The summed E-state index contributed by atoms with van der Waals surface area (Å²) in [5.74, 6) is 1.62. The standard InChI is InChI=1S/C21H24ClN3O2S/c1-25-15-3-2-4-16(25)10-14(9-15)23-20(26)17-7-13(22)8-18-19(17)24-21(27-18)12-5-6-28-11-12/h5-8,12,14-16H,2-4,9-11H2,1H3,(H,23,26). The summed E-state index contributed by atoms with van der Waals surface area (Å²) < 4.78 is 5.94. The second-order valence-corrected chi connectivity index (χ2v) is 9.54. The highest BCUT2D eigenvalue weighted by Crippen LogP contribution is 2.35. The third-order valence-electron chi connectivity index (χ3n) is 6.40. The summed E-state index contributed by atoms with van der Waals surface area (Å²) in [7, 11) is 2.22. The number of aromatic nitrogens is 1. The first kappa shape index (κ1) is 18.5. The zero-order chi connectivity index (χ0) is 19.3. The van der Waals surface area contributed by atoms with E-state index in [-0.39, 0.29) is 17.9 Å². The van der Waals surface area contributed by atoms with Gasteiger partial charge in [0.05, 0.1) is 11.5 Å². The van der Waals surface area contributed by atoms with E-state index in [2.05, 4.69) is 33.7 Å². The van der Waals surface area contributed by atoms with Gasteiger partial charge in [0.25, 0.3) is 5.91 Å². The molecule has 3 unspecified atom stereocenters. The van der Waals surface area contributed by atoms with E-state index in [0.29, 0.717) is 39.7 Å². The number of nitrogens with one attached hydrogen (secondary N) is 1. The van der Waals surface area contributed by atoms with Crippen LogP contribution in [0.5, 0.6) is 0 Å². The molecular formula is C21H24ClN3O2S. The fraction of sp³-hybridized carbons (Fsp3) is 0.524. The van der Waals surface area contributed by atoms with E-state index in [1.807, 2.05) is 0 Å². The van der Waals surface area contributed by atoms with Crippen LogP contribution >= 0.6 is 23.4 Å². The normalized spacial score (nSPS) is 30.1. The fourth-order valence-corrected chi connectivity index (χ4v) is 5.94. The number of carbonyl (C=O) groups is 1. The molecule has 5 nitrogen and oxygen atoms in total. The zero-order valence-corrected chi connectivity index (χ0v) is 17.4. The summed E-state index contributed by atoms with van der Waals surface area (Å²) in [6.07, 6.45) is 7.85. The Labute approximate surface area is 173 Å². The fourth-order valence-electron chi connectivity index (χ4n) is 4.86. The summed E-state index contributed by atoms with van der Waals surface area (Å²) in [6, 6.07) is 4.80. The summed E-state index contributed by atoms with van der Waals surface area (Å²) >= 11 is 8.03. The highest BCUT2D eigenvalue weighted by atomic mass is 35.5. The number of hydrogen-bond donors (Lipinski definition) is 1. The third-order valence-corrected chi connectivity index (χ3v) is 7.52. The van der Waals surface area contributed by atoms with Crippen molar-refractivity contribution >= 4 is 40.4 Å². The monoisotopic (exact) mass is 417 g/mol. The molecule has 1 amide bonds.